The topological polar surface area (TPSA) is 75.5 Å². The number of aromatic nitrogens is 3. The predicted octanol–water partition coefficient (Wildman–Crippen LogP) is 4.78. The van der Waals surface area contributed by atoms with Crippen LogP contribution in [-0.2, 0) is 32.8 Å². The summed E-state index contributed by atoms with van der Waals surface area (Å²) in [6, 6.07) is 10.8. The molecule has 0 aliphatic rings. The molecule has 2 heterocycles. The van der Waals surface area contributed by atoms with Gasteiger partial charge in [0.1, 0.15) is 12.5 Å². The number of ether oxygens (including phenoxy) is 3. The molecule has 7 nitrogen and oxygen atoms in total. The van der Waals surface area contributed by atoms with Crippen LogP contribution in [0.15, 0.2) is 41.7 Å². The minimum Gasteiger partial charge on any atom is -0.493 e. The number of benzene rings is 1. The highest BCUT2D eigenvalue weighted by atomic mass is 32.2. The van der Waals surface area contributed by atoms with E-state index in [9.17, 15) is 4.21 Å². The molecule has 0 radical (unpaired) electrons. The van der Waals surface area contributed by atoms with E-state index in [1.54, 1.807) is 13.3 Å². The lowest BCUT2D eigenvalue weighted by Gasteiger charge is -2.16. The first-order valence-electron chi connectivity index (χ1n) is 11.3. The molecule has 0 fully saturated rings. The lowest BCUT2D eigenvalue weighted by Crippen LogP contribution is -2.22. The average molecular weight is 490 g/mol. The summed E-state index contributed by atoms with van der Waals surface area (Å²) >= 11 is 0. The monoisotopic (exact) mass is 489 g/mol. The maximum absolute atomic E-state index is 13.4. The van der Waals surface area contributed by atoms with Crippen LogP contribution in [0, 0.1) is 6.92 Å². The largest absolute Gasteiger partial charge is 0.493 e. The molecule has 0 bridgehead atoms. The van der Waals surface area contributed by atoms with Crippen LogP contribution in [0.25, 0.3) is 11.0 Å². The lowest BCUT2D eigenvalue weighted by molar-refractivity contribution is 0.0840. The molecule has 3 rings (SSSR count). The van der Waals surface area contributed by atoms with Crippen LogP contribution >= 0.6 is 0 Å². The molecule has 1 unspecified atom stereocenters. The van der Waals surface area contributed by atoms with Crippen LogP contribution in [0.2, 0.25) is 25.7 Å². The number of hydrogen-bond donors (Lipinski definition) is 0. The zero-order valence-corrected chi connectivity index (χ0v) is 22.1. The Kier molecular flexibility index (Phi) is 9.19. The highest BCUT2D eigenvalue weighted by molar-refractivity contribution is 7.84. The Morgan fingerprint density at radius 1 is 1.09 bits per heavy atom. The van der Waals surface area contributed by atoms with E-state index in [1.165, 1.54) is 0 Å². The zero-order chi connectivity index (χ0) is 23.8. The lowest BCUT2D eigenvalue weighted by atomic mass is 10.2. The number of nitrogens with zero attached hydrogens (tertiary/aromatic N) is 3. The van der Waals surface area contributed by atoms with Crippen LogP contribution in [0.1, 0.15) is 17.7 Å². The summed E-state index contributed by atoms with van der Waals surface area (Å²) in [5.41, 5.74) is 3.39. The van der Waals surface area contributed by atoms with Gasteiger partial charge in [0.15, 0.2) is 0 Å². The van der Waals surface area contributed by atoms with Crippen LogP contribution < -0.4 is 4.74 Å². The van der Waals surface area contributed by atoms with E-state index in [2.05, 4.69) is 29.6 Å². The molecule has 33 heavy (non-hydrogen) atoms. The van der Waals surface area contributed by atoms with E-state index < -0.39 is 18.9 Å². The summed E-state index contributed by atoms with van der Waals surface area (Å²) in [5, 5.41) is 0.511. The predicted molar refractivity (Wildman–Crippen MR) is 135 cm³/mol. The second-order valence-corrected chi connectivity index (χ2v) is 16.2. The van der Waals surface area contributed by atoms with Crippen molar-refractivity contribution in [3.05, 3.63) is 47.8 Å². The first-order valence-corrected chi connectivity index (χ1v) is 16.3. The fourth-order valence-corrected chi connectivity index (χ4v) is 5.34. The minimum atomic E-state index is -1.39. The van der Waals surface area contributed by atoms with Crippen molar-refractivity contribution in [3.8, 4) is 5.75 Å². The van der Waals surface area contributed by atoms with Gasteiger partial charge < -0.3 is 14.2 Å². The summed E-state index contributed by atoms with van der Waals surface area (Å²) in [6.07, 6.45) is 2.51. The van der Waals surface area contributed by atoms with Crippen LogP contribution in [0.5, 0.6) is 5.75 Å². The Balaban J connectivity index is 1.77. The van der Waals surface area contributed by atoms with Gasteiger partial charge in [-0.2, -0.15) is 0 Å². The van der Waals surface area contributed by atoms with Gasteiger partial charge in [0.2, 0.25) is 5.16 Å². The Hall–Kier alpha value is -2.07. The third-order valence-corrected chi connectivity index (χ3v) is 8.28. The van der Waals surface area contributed by atoms with Gasteiger partial charge in [-0.05, 0) is 31.2 Å². The second kappa shape index (κ2) is 11.9. The highest BCUT2D eigenvalue weighted by Gasteiger charge is 2.20. The summed E-state index contributed by atoms with van der Waals surface area (Å²) in [6.45, 7) is 11.2. The summed E-state index contributed by atoms with van der Waals surface area (Å²) in [7, 11) is -0.892. The molecule has 9 heteroatoms. The molecule has 0 spiro atoms. The number of fused-ring (bicyclic) bond motifs is 1. The maximum Gasteiger partial charge on any atom is 0.202 e. The van der Waals surface area contributed by atoms with E-state index in [4.69, 9.17) is 14.2 Å². The van der Waals surface area contributed by atoms with Crippen LogP contribution in [-0.4, -0.2) is 53.7 Å². The number of hydrogen-bond acceptors (Lipinski definition) is 6. The maximum atomic E-state index is 13.4. The molecule has 1 atom stereocenters. The molecule has 0 saturated heterocycles. The van der Waals surface area contributed by atoms with E-state index in [-0.39, 0.29) is 5.75 Å². The van der Waals surface area contributed by atoms with Gasteiger partial charge in [-0.25, -0.2) is 4.98 Å². The normalized spacial score (nSPS) is 12.9. The summed E-state index contributed by atoms with van der Waals surface area (Å²) in [4.78, 5) is 9.15. The molecular weight excluding hydrogens is 454 g/mol. The molecule has 0 amide bonds. The fourth-order valence-electron chi connectivity index (χ4n) is 3.32. The highest BCUT2D eigenvalue weighted by Crippen LogP contribution is 2.24. The van der Waals surface area contributed by atoms with E-state index in [0.717, 1.165) is 40.5 Å². The number of rotatable bonds is 13. The van der Waals surface area contributed by atoms with Crippen molar-refractivity contribution in [2.75, 3.05) is 26.9 Å². The first kappa shape index (κ1) is 25.5. The van der Waals surface area contributed by atoms with Gasteiger partial charge in [0, 0.05) is 46.6 Å². The Labute approximate surface area is 200 Å². The van der Waals surface area contributed by atoms with Gasteiger partial charge in [-0.3, -0.25) is 13.8 Å². The van der Waals surface area contributed by atoms with Gasteiger partial charge >= 0.3 is 0 Å². The van der Waals surface area contributed by atoms with Gasteiger partial charge in [-0.15, -0.1) is 0 Å². The molecule has 0 aliphatic carbocycles. The third-order valence-electron chi connectivity index (χ3n) is 5.32. The minimum absolute atomic E-state index is 0.263. The van der Waals surface area contributed by atoms with Crippen LogP contribution in [0.4, 0.5) is 0 Å². The fraction of sp³-hybridized carbons (Fsp3) is 0.500. The first-order chi connectivity index (χ1) is 15.8. The third kappa shape index (κ3) is 7.20. The van der Waals surface area contributed by atoms with Crippen molar-refractivity contribution in [1.82, 2.24) is 14.5 Å². The number of para-hydroxylation sites is 2. The molecule has 3 aromatic rings. The van der Waals surface area contributed by atoms with Crippen molar-refractivity contribution in [3.63, 3.8) is 0 Å². The van der Waals surface area contributed by atoms with Crippen molar-refractivity contribution in [2.45, 2.75) is 56.7 Å². The van der Waals surface area contributed by atoms with Crippen molar-refractivity contribution < 1.29 is 18.4 Å². The molecule has 2 aromatic heterocycles. The van der Waals surface area contributed by atoms with Crippen molar-refractivity contribution in [1.29, 1.82) is 0 Å². The Morgan fingerprint density at radius 2 is 1.88 bits per heavy atom. The molecular formula is C24H35N3O4SSi. The van der Waals surface area contributed by atoms with Crippen molar-refractivity contribution in [2.24, 2.45) is 0 Å². The smallest absolute Gasteiger partial charge is 0.202 e. The number of imidazole rings is 1. The van der Waals surface area contributed by atoms with Crippen LogP contribution in [0.3, 0.4) is 0 Å². The van der Waals surface area contributed by atoms with Gasteiger partial charge in [0.25, 0.3) is 0 Å². The number of pyridine rings is 1. The Bertz CT molecular complexity index is 1080. The standard InChI is InChI=1S/C24H35N3O4SSi/c1-19-21(25-12-11-23(19)31-14-8-13-29-2)17-32(28)24-26-20-9-6-7-10-22(20)27(24)18-30-15-16-33(3,4)5/h6-7,9-12H,8,13-18H2,1-5H3. The summed E-state index contributed by atoms with van der Waals surface area (Å²) < 4.78 is 32.3. The Morgan fingerprint density at radius 3 is 2.64 bits per heavy atom. The van der Waals surface area contributed by atoms with Crippen molar-refractivity contribution >= 4 is 29.9 Å². The zero-order valence-electron chi connectivity index (χ0n) is 20.3. The van der Waals surface area contributed by atoms with Gasteiger partial charge in [-0.1, -0.05) is 31.8 Å². The molecule has 0 aliphatic heterocycles. The van der Waals surface area contributed by atoms with E-state index in [0.29, 0.717) is 31.7 Å². The quantitative estimate of drug-likeness (QED) is 0.254. The molecule has 0 saturated carbocycles. The molecule has 180 valence electrons. The second-order valence-electron chi connectivity index (χ2n) is 9.22. The molecule has 0 N–H and O–H groups in total. The SMILES string of the molecule is COCCCOc1ccnc(CS(=O)c2nc3ccccc3n2COCC[Si](C)(C)C)c1C. The van der Waals surface area contributed by atoms with E-state index in [1.807, 2.05) is 41.8 Å². The van der Waals surface area contributed by atoms with Gasteiger partial charge in [0.05, 0.1) is 39.9 Å². The number of methoxy groups -OCH3 is 1. The average Bonchev–Trinajstić information content (AvgIpc) is 3.15. The summed E-state index contributed by atoms with van der Waals surface area (Å²) in [5.74, 6) is 1.02. The molecule has 1 aromatic carbocycles. The van der Waals surface area contributed by atoms with E-state index >= 15 is 0 Å².